The molecule has 8 nitrogen and oxygen atoms in total. The lowest BCUT2D eigenvalue weighted by molar-refractivity contribution is -0.156. The molecular formula is C14H14N2O6S. The molecule has 3 N–H and O–H groups in total. The molecule has 4 atom stereocenters. The van der Waals surface area contributed by atoms with Crippen molar-refractivity contribution in [2.45, 2.75) is 23.1 Å². The van der Waals surface area contributed by atoms with Gasteiger partial charge in [0.05, 0.1) is 23.9 Å². The van der Waals surface area contributed by atoms with E-state index in [0.717, 1.165) is 11.8 Å². The second-order valence-electron chi connectivity index (χ2n) is 5.58. The summed E-state index contributed by atoms with van der Waals surface area (Å²) in [5.41, 5.74) is -0.289. The van der Waals surface area contributed by atoms with Crippen molar-refractivity contribution in [3.05, 3.63) is 29.6 Å². The van der Waals surface area contributed by atoms with Crippen molar-refractivity contribution in [1.82, 2.24) is 9.88 Å². The zero-order chi connectivity index (χ0) is 16.9. The number of aromatic carboxylic acids is 1. The highest BCUT2D eigenvalue weighted by Crippen LogP contribution is 2.55. The standard InChI is InChI=1S/C14H14N2O6S/c1-6(17)8-10(18)16-5-14(13(21)22,23-11(8)16)7-3-2-4-15-9(7)12(19)20/h2-4,6,8,11,17H,5H2,1H3,(H,19,20)(H,21,22)/t6-,8+,11-,14?/m1/s1. The fourth-order valence-corrected chi connectivity index (χ4v) is 4.88. The van der Waals surface area contributed by atoms with Crippen LogP contribution in [-0.2, 0) is 14.3 Å². The molecule has 3 rings (SSSR count). The number of amides is 1. The average Bonchev–Trinajstić information content (AvgIpc) is 2.83. The third kappa shape index (κ3) is 2.11. The van der Waals surface area contributed by atoms with Crippen LogP contribution in [0.2, 0.25) is 0 Å². The topological polar surface area (TPSA) is 128 Å². The highest BCUT2D eigenvalue weighted by molar-refractivity contribution is 8.02. The number of aliphatic carboxylic acids is 1. The van der Waals surface area contributed by atoms with Crippen LogP contribution in [0.3, 0.4) is 0 Å². The zero-order valence-electron chi connectivity index (χ0n) is 12.0. The zero-order valence-corrected chi connectivity index (χ0v) is 12.9. The number of aliphatic hydroxyl groups excluding tert-OH is 1. The minimum absolute atomic E-state index is 0.0524. The summed E-state index contributed by atoms with van der Waals surface area (Å²) in [5.74, 6) is -3.55. The quantitative estimate of drug-likeness (QED) is 0.653. The number of carbonyl (C=O) groups is 3. The van der Waals surface area contributed by atoms with Gasteiger partial charge in [-0.25, -0.2) is 9.78 Å². The summed E-state index contributed by atoms with van der Waals surface area (Å²) < 4.78 is -1.61. The molecule has 1 aromatic rings. The molecule has 0 spiro atoms. The van der Waals surface area contributed by atoms with E-state index in [1.807, 2.05) is 0 Å². The summed E-state index contributed by atoms with van der Waals surface area (Å²) in [4.78, 5) is 40.5. The minimum atomic E-state index is -1.61. The summed E-state index contributed by atoms with van der Waals surface area (Å²) in [6.45, 7) is 1.33. The molecule has 0 aromatic carbocycles. The Bertz CT molecular complexity index is 708. The van der Waals surface area contributed by atoms with E-state index < -0.39 is 34.1 Å². The maximum absolute atomic E-state index is 12.1. The van der Waals surface area contributed by atoms with Crippen molar-refractivity contribution >= 4 is 29.6 Å². The second kappa shape index (κ2) is 5.20. The van der Waals surface area contributed by atoms with Gasteiger partial charge in [-0.1, -0.05) is 6.07 Å². The summed E-state index contributed by atoms with van der Waals surface area (Å²) in [5, 5.41) is 28.2. The molecule has 2 aliphatic rings. The molecule has 1 aromatic heterocycles. The van der Waals surface area contributed by atoms with Gasteiger partial charge in [0.25, 0.3) is 0 Å². The highest BCUT2D eigenvalue weighted by atomic mass is 32.2. The first kappa shape index (κ1) is 15.8. The smallest absolute Gasteiger partial charge is 0.354 e. The van der Waals surface area contributed by atoms with Crippen molar-refractivity contribution < 1.29 is 29.7 Å². The van der Waals surface area contributed by atoms with Gasteiger partial charge in [0.1, 0.15) is 0 Å². The Morgan fingerprint density at radius 3 is 2.74 bits per heavy atom. The Kier molecular flexibility index (Phi) is 3.56. The lowest BCUT2D eigenvalue weighted by Gasteiger charge is -2.42. The number of fused-ring (bicyclic) bond motifs is 1. The van der Waals surface area contributed by atoms with Gasteiger partial charge in [0.15, 0.2) is 10.4 Å². The summed E-state index contributed by atoms with van der Waals surface area (Å²) in [6.07, 6.45) is 0.384. The molecule has 2 aliphatic heterocycles. The van der Waals surface area contributed by atoms with Crippen molar-refractivity contribution in [1.29, 1.82) is 0 Å². The van der Waals surface area contributed by atoms with E-state index in [0.29, 0.717) is 0 Å². The van der Waals surface area contributed by atoms with Gasteiger partial charge in [-0.15, -0.1) is 11.8 Å². The number of pyridine rings is 1. The number of rotatable bonds is 4. The lowest BCUT2D eigenvalue weighted by atomic mass is 9.90. The van der Waals surface area contributed by atoms with Gasteiger partial charge in [0.2, 0.25) is 5.91 Å². The molecule has 0 aliphatic carbocycles. The van der Waals surface area contributed by atoms with Gasteiger partial charge >= 0.3 is 11.9 Å². The number of carboxylic acids is 2. The number of β-lactam (4-membered cyclic amide) rings is 1. The molecule has 122 valence electrons. The third-order valence-corrected chi connectivity index (χ3v) is 5.92. The van der Waals surface area contributed by atoms with Gasteiger partial charge < -0.3 is 20.2 Å². The fraction of sp³-hybridized carbons (Fsp3) is 0.429. The second-order valence-corrected chi connectivity index (χ2v) is 6.99. The predicted octanol–water partition coefficient (Wildman–Crippen LogP) is -0.0282. The molecule has 0 radical (unpaired) electrons. The number of thioether (sulfide) groups is 1. The van der Waals surface area contributed by atoms with Crippen LogP contribution >= 0.6 is 11.8 Å². The minimum Gasteiger partial charge on any atom is -0.480 e. The molecule has 23 heavy (non-hydrogen) atoms. The number of hydrogen-bond acceptors (Lipinski definition) is 6. The van der Waals surface area contributed by atoms with Crippen LogP contribution in [0.4, 0.5) is 0 Å². The third-order valence-electron chi connectivity index (χ3n) is 4.21. The Morgan fingerprint density at radius 2 is 2.17 bits per heavy atom. The van der Waals surface area contributed by atoms with Crippen molar-refractivity contribution in [2.75, 3.05) is 6.54 Å². The largest absolute Gasteiger partial charge is 0.480 e. The number of aromatic nitrogens is 1. The molecule has 0 saturated carbocycles. The Morgan fingerprint density at radius 1 is 1.48 bits per heavy atom. The van der Waals surface area contributed by atoms with E-state index in [9.17, 15) is 29.7 Å². The van der Waals surface area contributed by atoms with Gasteiger partial charge in [-0.05, 0) is 13.0 Å². The van der Waals surface area contributed by atoms with Crippen LogP contribution < -0.4 is 0 Å². The molecular weight excluding hydrogens is 324 g/mol. The maximum Gasteiger partial charge on any atom is 0.354 e. The molecule has 1 amide bonds. The number of aliphatic hydroxyl groups is 1. The monoisotopic (exact) mass is 338 g/mol. The van der Waals surface area contributed by atoms with E-state index in [1.165, 1.54) is 30.2 Å². The molecule has 0 bridgehead atoms. The first-order valence-corrected chi connectivity index (χ1v) is 7.76. The molecule has 2 saturated heterocycles. The van der Waals surface area contributed by atoms with Crippen LogP contribution in [0.1, 0.15) is 23.0 Å². The lowest BCUT2D eigenvalue weighted by Crippen LogP contribution is -2.60. The fourth-order valence-electron chi connectivity index (χ4n) is 3.07. The average molecular weight is 338 g/mol. The first-order chi connectivity index (χ1) is 10.8. The van der Waals surface area contributed by atoms with Crippen LogP contribution in [-0.4, -0.2) is 61.1 Å². The van der Waals surface area contributed by atoms with Gasteiger partial charge in [-0.3, -0.25) is 9.59 Å². The normalized spacial score (nSPS) is 30.5. The number of hydrogen-bond donors (Lipinski definition) is 3. The number of nitrogens with zero attached hydrogens (tertiary/aromatic N) is 2. The van der Waals surface area contributed by atoms with E-state index in [4.69, 9.17) is 0 Å². The SMILES string of the molecule is C[C@@H](O)[C@H]1C(=O)N2CC(C(=O)O)(c3cccnc3C(=O)O)S[C@H]12. The molecule has 3 heterocycles. The van der Waals surface area contributed by atoms with E-state index >= 15 is 0 Å². The predicted molar refractivity (Wildman–Crippen MR) is 78.8 cm³/mol. The van der Waals surface area contributed by atoms with Crippen LogP contribution in [0.25, 0.3) is 0 Å². The molecule has 2 fully saturated rings. The van der Waals surface area contributed by atoms with Gasteiger partial charge in [0, 0.05) is 11.8 Å². The van der Waals surface area contributed by atoms with Crippen LogP contribution in [0.15, 0.2) is 18.3 Å². The van der Waals surface area contributed by atoms with Gasteiger partial charge in [-0.2, -0.15) is 0 Å². The van der Waals surface area contributed by atoms with Crippen LogP contribution in [0, 0.1) is 5.92 Å². The first-order valence-electron chi connectivity index (χ1n) is 6.88. The Labute approximate surface area is 135 Å². The number of carboxylic acid groups (broad SMARTS) is 2. The maximum atomic E-state index is 12.1. The van der Waals surface area contributed by atoms with E-state index in [2.05, 4.69) is 4.98 Å². The Balaban J connectivity index is 2.07. The summed E-state index contributed by atoms with van der Waals surface area (Å²) in [6, 6.07) is 2.88. The van der Waals surface area contributed by atoms with Crippen LogP contribution in [0.5, 0.6) is 0 Å². The number of carbonyl (C=O) groups excluding carboxylic acids is 1. The molecule has 1 unspecified atom stereocenters. The summed E-state index contributed by atoms with van der Waals surface area (Å²) in [7, 11) is 0. The van der Waals surface area contributed by atoms with Crippen molar-refractivity contribution in [3.63, 3.8) is 0 Å². The Hall–Kier alpha value is -2.13. The summed E-state index contributed by atoms with van der Waals surface area (Å²) >= 11 is 0.983. The van der Waals surface area contributed by atoms with E-state index in [-0.39, 0.29) is 23.7 Å². The van der Waals surface area contributed by atoms with Crippen molar-refractivity contribution in [3.8, 4) is 0 Å². The molecule has 9 heteroatoms. The van der Waals surface area contributed by atoms with E-state index in [1.54, 1.807) is 0 Å². The van der Waals surface area contributed by atoms with Crippen molar-refractivity contribution in [2.24, 2.45) is 5.92 Å². The highest BCUT2D eigenvalue weighted by Gasteiger charge is 2.64.